The van der Waals surface area contributed by atoms with Crippen LogP contribution in [0.15, 0.2) is 72.8 Å². The first-order chi connectivity index (χ1) is 17.6. The molecular weight excluding hydrogens is 446 g/mol. The molecule has 1 fully saturated rings. The van der Waals surface area contributed by atoms with Gasteiger partial charge < -0.3 is 0 Å². The van der Waals surface area contributed by atoms with E-state index in [0.717, 1.165) is 66.8 Å². The molecule has 184 valence electrons. The zero-order chi connectivity index (χ0) is 24.9. The average molecular weight is 480 g/mol. The van der Waals surface area contributed by atoms with E-state index in [9.17, 15) is 0 Å². The lowest BCUT2D eigenvalue weighted by Gasteiger charge is -2.38. The minimum absolute atomic E-state index is 0.124. The third-order valence-electron chi connectivity index (χ3n) is 6.83. The van der Waals surface area contributed by atoms with E-state index >= 15 is 0 Å². The van der Waals surface area contributed by atoms with Crippen LogP contribution in [0.2, 0.25) is 0 Å². The molecule has 0 aliphatic carbocycles. The van der Waals surface area contributed by atoms with Crippen LogP contribution in [0.3, 0.4) is 0 Å². The molecule has 0 saturated carbocycles. The van der Waals surface area contributed by atoms with Crippen molar-refractivity contribution in [3.05, 3.63) is 107 Å². The Morgan fingerprint density at radius 2 is 1.56 bits per heavy atom. The summed E-state index contributed by atoms with van der Waals surface area (Å²) in [6, 6.07) is 22.8. The Morgan fingerprint density at radius 3 is 2.28 bits per heavy atom. The fourth-order valence-electron chi connectivity index (χ4n) is 4.97. The summed E-state index contributed by atoms with van der Waals surface area (Å²) in [5, 5.41) is 13.1. The molecule has 0 radical (unpaired) electrons. The highest BCUT2D eigenvalue weighted by Gasteiger charge is 2.32. The second kappa shape index (κ2) is 10.9. The molecule has 5 rings (SSSR count). The van der Waals surface area contributed by atoms with E-state index in [-0.39, 0.29) is 6.04 Å². The fourth-order valence-corrected chi connectivity index (χ4v) is 4.97. The summed E-state index contributed by atoms with van der Waals surface area (Å²) in [5.74, 6) is 0.808. The Balaban J connectivity index is 1.39. The summed E-state index contributed by atoms with van der Waals surface area (Å²) in [6.07, 6.45) is 4.45. The predicted molar refractivity (Wildman–Crippen MR) is 143 cm³/mol. The summed E-state index contributed by atoms with van der Waals surface area (Å²) in [7, 11) is 0. The number of rotatable bonds is 7. The Kier molecular flexibility index (Phi) is 7.30. The first-order valence-corrected chi connectivity index (χ1v) is 12.6. The van der Waals surface area contributed by atoms with Crippen molar-refractivity contribution in [1.29, 1.82) is 0 Å². The zero-order valence-corrected chi connectivity index (χ0v) is 21.2. The molecule has 1 aliphatic rings. The number of hydrogen-bond acceptors (Lipinski definition) is 6. The third kappa shape index (κ3) is 5.27. The molecule has 0 bridgehead atoms. The van der Waals surface area contributed by atoms with E-state index in [2.05, 4.69) is 106 Å². The Hall–Kier alpha value is -3.68. The lowest BCUT2D eigenvalue weighted by atomic mass is 10.1. The van der Waals surface area contributed by atoms with Crippen molar-refractivity contribution in [3.8, 4) is 5.69 Å². The number of aryl methyl sites for hydroxylation is 3. The summed E-state index contributed by atoms with van der Waals surface area (Å²) < 4.78 is 1.91. The summed E-state index contributed by atoms with van der Waals surface area (Å²) in [5.41, 5.74) is 6.55. The quantitative estimate of drug-likeness (QED) is 0.391. The van der Waals surface area contributed by atoms with Gasteiger partial charge in [-0.05, 0) is 60.0 Å². The number of piperazine rings is 1. The maximum Gasteiger partial charge on any atom is 0.179 e. The second-order valence-electron chi connectivity index (χ2n) is 9.45. The van der Waals surface area contributed by atoms with Crippen molar-refractivity contribution < 1.29 is 0 Å². The van der Waals surface area contributed by atoms with Gasteiger partial charge in [0.15, 0.2) is 5.82 Å². The number of pyridine rings is 1. The van der Waals surface area contributed by atoms with Crippen molar-refractivity contribution in [2.75, 3.05) is 32.7 Å². The maximum absolute atomic E-state index is 4.91. The van der Waals surface area contributed by atoms with Crippen LogP contribution in [0.1, 0.15) is 39.9 Å². The zero-order valence-electron chi connectivity index (χ0n) is 21.2. The summed E-state index contributed by atoms with van der Waals surface area (Å²) in [4.78, 5) is 9.87. The highest BCUT2D eigenvalue weighted by molar-refractivity contribution is 5.49. The number of nitrogens with zero attached hydrogens (tertiary/aromatic N) is 7. The van der Waals surface area contributed by atoms with Gasteiger partial charge in [-0.2, -0.15) is 4.68 Å². The van der Waals surface area contributed by atoms with E-state index in [0.29, 0.717) is 0 Å². The molecule has 7 nitrogen and oxygen atoms in total. The molecule has 0 unspecified atom stereocenters. The number of tetrazole rings is 1. The van der Waals surface area contributed by atoms with Gasteiger partial charge in [-0.25, -0.2) is 0 Å². The van der Waals surface area contributed by atoms with Crippen LogP contribution in [-0.4, -0.2) is 67.7 Å². The molecule has 1 saturated heterocycles. The Morgan fingerprint density at radius 1 is 0.833 bits per heavy atom. The predicted octanol–water partition coefficient (Wildman–Crippen LogP) is 4.40. The van der Waals surface area contributed by atoms with Crippen molar-refractivity contribution >= 4 is 6.08 Å². The van der Waals surface area contributed by atoms with Gasteiger partial charge in [0.2, 0.25) is 0 Å². The molecule has 0 spiro atoms. The molecule has 1 aliphatic heterocycles. The van der Waals surface area contributed by atoms with Crippen LogP contribution in [0.4, 0.5) is 0 Å². The third-order valence-corrected chi connectivity index (χ3v) is 6.83. The largest absolute Gasteiger partial charge is 0.297 e. The van der Waals surface area contributed by atoms with E-state index in [1.807, 2.05) is 23.7 Å². The van der Waals surface area contributed by atoms with Crippen LogP contribution in [0, 0.1) is 20.8 Å². The number of para-hydroxylation sites is 1. The molecular formula is C29H33N7. The van der Waals surface area contributed by atoms with E-state index in [1.54, 1.807) is 0 Å². The molecule has 1 atom stereocenters. The highest BCUT2D eigenvalue weighted by Crippen LogP contribution is 2.30. The van der Waals surface area contributed by atoms with Crippen molar-refractivity contribution in [2.45, 2.75) is 26.8 Å². The first kappa shape index (κ1) is 24.0. The van der Waals surface area contributed by atoms with Gasteiger partial charge in [0.05, 0.1) is 11.4 Å². The summed E-state index contributed by atoms with van der Waals surface area (Å²) >= 11 is 0. The van der Waals surface area contributed by atoms with Crippen molar-refractivity contribution in [1.82, 2.24) is 35.0 Å². The van der Waals surface area contributed by atoms with Gasteiger partial charge in [0, 0.05) is 38.4 Å². The molecule has 0 amide bonds. The molecule has 2 aromatic heterocycles. The highest BCUT2D eigenvalue weighted by atomic mass is 15.6. The van der Waals surface area contributed by atoms with Crippen molar-refractivity contribution in [3.63, 3.8) is 0 Å². The van der Waals surface area contributed by atoms with Gasteiger partial charge in [-0.1, -0.05) is 66.7 Å². The first-order valence-electron chi connectivity index (χ1n) is 12.6. The lowest BCUT2D eigenvalue weighted by molar-refractivity contribution is 0.112. The molecule has 2 aromatic carbocycles. The molecule has 36 heavy (non-hydrogen) atoms. The SMILES string of the molecule is Cc1cccc([C@@H](c2nnnn2-c2c(C)cccc2C)N2CCN(CC=Cc3ccccc3)CC2)n1. The standard InChI is InChI=1S/C29H33N7/c1-22-10-7-11-23(2)27(22)36-29(31-32-33-36)28(26-16-8-12-24(3)30-26)35-20-18-34(19-21-35)17-9-15-25-13-5-4-6-14-25/h4-16,28H,17-21H2,1-3H3/t28-/m0/s1. The maximum atomic E-state index is 4.91. The average Bonchev–Trinajstić information content (AvgIpc) is 3.34. The fraction of sp³-hybridized carbons (Fsp3) is 0.310. The van der Waals surface area contributed by atoms with Crippen LogP contribution in [0.5, 0.6) is 0 Å². The summed E-state index contributed by atoms with van der Waals surface area (Å²) in [6.45, 7) is 11.0. The molecule has 0 N–H and O–H groups in total. The molecule has 7 heteroatoms. The second-order valence-corrected chi connectivity index (χ2v) is 9.45. The van der Waals surface area contributed by atoms with Gasteiger partial charge >= 0.3 is 0 Å². The minimum atomic E-state index is -0.124. The smallest absolute Gasteiger partial charge is 0.179 e. The normalized spacial score (nSPS) is 16.0. The van der Waals surface area contributed by atoms with Crippen LogP contribution < -0.4 is 0 Å². The van der Waals surface area contributed by atoms with Gasteiger partial charge in [0.25, 0.3) is 0 Å². The Bertz CT molecular complexity index is 1300. The number of hydrogen-bond donors (Lipinski definition) is 0. The minimum Gasteiger partial charge on any atom is -0.297 e. The number of benzene rings is 2. The van der Waals surface area contributed by atoms with Crippen LogP contribution in [0.25, 0.3) is 11.8 Å². The van der Waals surface area contributed by atoms with Gasteiger partial charge in [-0.15, -0.1) is 5.10 Å². The van der Waals surface area contributed by atoms with Gasteiger partial charge in [0.1, 0.15) is 6.04 Å². The van der Waals surface area contributed by atoms with Crippen molar-refractivity contribution in [2.24, 2.45) is 0 Å². The van der Waals surface area contributed by atoms with Crippen LogP contribution in [-0.2, 0) is 0 Å². The monoisotopic (exact) mass is 479 g/mol. The van der Waals surface area contributed by atoms with E-state index in [1.165, 1.54) is 5.56 Å². The Labute approximate surface area is 213 Å². The van der Waals surface area contributed by atoms with E-state index in [4.69, 9.17) is 4.98 Å². The molecule has 3 heterocycles. The van der Waals surface area contributed by atoms with Crippen LogP contribution >= 0.6 is 0 Å². The molecule has 4 aromatic rings. The lowest BCUT2D eigenvalue weighted by Crippen LogP contribution is -2.48. The topological polar surface area (TPSA) is 63.0 Å². The number of aromatic nitrogens is 5. The van der Waals surface area contributed by atoms with E-state index < -0.39 is 0 Å². The van der Waals surface area contributed by atoms with Gasteiger partial charge in [-0.3, -0.25) is 14.8 Å².